The van der Waals surface area contributed by atoms with Crippen molar-refractivity contribution < 1.29 is 14.7 Å². The fraction of sp³-hybridized carbons (Fsp3) is 0.429. The van der Waals surface area contributed by atoms with Gasteiger partial charge >= 0.3 is 5.97 Å². The summed E-state index contributed by atoms with van der Waals surface area (Å²) in [6, 6.07) is 7.13. The lowest BCUT2D eigenvalue weighted by Gasteiger charge is -2.21. The average molecular weight is 326 g/mol. The minimum Gasteiger partial charge on any atom is -0.480 e. The van der Waals surface area contributed by atoms with Gasteiger partial charge in [0, 0.05) is 17.4 Å². The molecule has 19 heavy (non-hydrogen) atoms. The van der Waals surface area contributed by atoms with Gasteiger partial charge in [0.25, 0.3) is 0 Å². The fourth-order valence-electron chi connectivity index (χ4n) is 2.19. The van der Waals surface area contributed by atoms with Crippen molar-refractivity contribution in [3.63, 3.8) is 0 Å². The van der Waals surface area contributed by atoms with Crippen LogP contribution in [0.5, 0.6) is 0 Å². The number of hydrogen-bond donors (Lipinski definition) is 1. The van der Waals surface area contributed by atoms with E-state index in [9.17, 15) is 9.59 Å². The predicted molar refractivity (Wildman–Crippen MR) is 74.9 cm³/mol. The molecule has 1 N–H and O–H groups in total. The summed E-state index contributed by atoms with van der Waals surface area (Å²) in [5.74, 6) is -0.926. The number of benzene rings is 1. The van der Waals surface area contributed by atoms with E-state index in [0.717, 1.165) is 16.5 Å². The van der Waals surface area contributed by atoms with Crippen LogP contribution in [0.3, 0.4) is 0 Å². The van der Waals surface area contributed by atoms with Crippen LogP contribution in [-0.2, 0) is 9.59 Å². The lowest BCUT2D eigenvalue weighted by Crippen LogP contribution is -2.41. The Labute approximate surface area is 120 Å². The van der Waals surface area contributed by atoms with Gasteiger partial charge in [0.1, 0.15) is 6.04 Å². The molecule has 2 rings (SSSR count). The molecule has 1 fully saturated rings. The maximum atomic E-state index is 12.2. The average Bonchev–Trinajstić information content (AvgIpc) is 3.16. The molecular weight excluding hydrogens is 310 g/mol. The van der Waals surface area contributed by atoms with Crippen molar-refractivity contribution in [3.05, 3.63) is 34.3 Å². The van der Waals surface area contributed by atoms with Crippen LogP contribution < -0.4 is 0 Å². The maximum Gasteiger partial charge on any atom is 0.326 e. The van der Waals surface area contributed by atoms with Crippen LogP contribution in [-0.4, -0.2) is 35.0 Å². The number of carbonyl (C=O) groups is 2. The molecule has 3 unspecified atom stereocenters. The highest BCUT2D eigenvalue weighted by Gasteiger charge is 2.46. The van der Waals surface area contributed by atoms with Gasteiger partial charge in [-0.15, -0.1) is 0 Å². The number of carboxylic acids is 1. The summed E-state index contributed by atoms with van der Waals surface area (Å²) in [6.45, 7) is 1.52. The Kier molecular flexibility index (Phi) is 3.94. The second kappa shape index (κ2) is 5.33. The van der Waals surface area contributed by atoms with Crippen LogP contribution in [0.25, 0.3) is 0 Å². The van der Waals surface area contributed by atoms with Gasteiger partial charge in [0.15, 0.2) is 0 Å². The Balaban J connectivity index is 2.03. The lowest BCUT2D eigenvalue weighted by molar-refractivity contribution is -0.148. The van der Waals surface area contributed by atoms with Crippen LogP contribution in [0.4, 0.5) is 0 Å². The topological polar surface area (TPSA) is 57.6 Å². The van der Waals surface area contributed by atoms with Crippen molar-refractivity contribution in [2.24, 2.45) is 5.92 Å². The van der Waals surface area contributed by atoms with Gasteiger partial charge in [-0.25, -0.2) is 4.79 Å². The molecule has 0 aliphatic heterocycles. The Morgan fingerprint density at radius 2 is 2.16 bits per heavy atom. The Morgan fingerprint density at radius 1 is 1.47 bits per heavy atom. The van der Waals surface area contributed by atoms with E-state index in [1.165, 1.54) is 11.8 Å². The zero-order valence-corrected chi connectivity index (χ0v) is 12.4. The summed E-state index contributed by atoms with van der Waals surface area (Å²) >= 11 is 3.41. The first kappa shape index (κ1) is 14.1. The van der Waals surface area contributed by atoms with E-state index in [2.05, 4.69) is 15.9 Å². The SMILES string of the molecule is CC(C(=O)O)N(C)C(=O)C1CC1c1cccc(Br)c1. The zero-order chi connectivity index (χ0) is 14.2. The zero-order valence-electron chi connectivity index (χ0n) is 10.8. The van der Waals surface area contributed by atoms with E-state index in [0.29, 0.717) is 0 Å². The van der Waals surface area contributed by atoms with Gasteiger partial charge in [-0.3, -0.25) is 4.79 Å². The molecule has 1 saturated carbocycles. The Morgan fingerprint density at radius 3 is 2.74 bits per heavy atom. The van der Waals surface area contributed by atoms with Crippen molar-refractivity contribution in [1.82, 2.24) is 4.90 Å². The summed E-state index contributed by atoms with van der Waals surface area (Å²) in [6.07, 6.45) is 0.798. The fourth-order valence-corrected chi connectivity index (χ4v) is 2.61. The van der Waals surface area contributed by atoms with Crippen LogP contribution in [0.1, 0.15) is 24.8 Å². The van der Waals surface area contributed by atoms with Crippen molar-refractivity contribution in [3.8, 4) is 0 Å². The molecule has 1 aromatic rings. The monoisotopic (exact) mass is 325 g/mol. The summed E-state index contributed by atoms with van der Waals surface area (Å²) in [5, 5.41) is 8.92. The van der Waals surface area contributed by atoms with Crippen LogP contribution in [0.2, 0.25) is 0 Å². The Hall–Kier alpha value is -1.36. The summed E-state index contributed by atoms with van der Waals surface area (Å²) in [7, 11) is 1.55. The van der Waals surface area contributed by atoms with Gasteiger partial charge in [0.05, 0.1) is 0 Å². The minimum atomic E-state index is -0.976. The molecule has 0 spiro atoms. The third-order valence-corrected chi connectivity index (χ3v) is 4.16. The third-order valence-electron chi connectivity index (χ3n) is 3.67. The maximum absolute atomic E-state index is 12.2. The number of likely N-dealkylation sites (N-methyl/N-ethyl adjacent to an activating group) is 1. The summed E-state index contributed by atoms with van der Waals surface area (Å²) < 4.78 is 0.996. The molecule has 3 atom stereocenters. The first-order valence-electron chi connectivity index (χ1n) is 6.16. The summed E-state index contributed by atoms with van der Waals surface area (Å²) in [5.41, 5.74) is 1.13. The second-order valence-electron chi connectivity index (χ2n) is 4.97. The smallest absolute Gasteiger partial charge is 0.326 e. The van der Waals surface area contributed by atoms with E-state index < -0.39 is 12.0 Å². The van der Waals surface area contributed by atoms with Gasteiger partial charge in [-0.2, -0.15) is 0 Å². The normalized spacial score (nSPS) is 22.7. The van der Waals surface area contributed by atoms with Crippen molar-refractivity contribution in [1.29, 1.82) is 0 Å². The van der Waals surface area contributed by atoms with Gasteiger partial charge in [0.2, 0.25) is 5.91 Å². The predicted octanol–water partition coefficient (Wildman–Crippen LogP) is 2.48. The van der Waals surface area contributed by atoms with Gasteiger partial charge in [-0.1, -0.05) is 28.1 Å². The van der Waals surface area contributed by atoms with Crippen molar-refractivity contribution in [2.45, 2.75) is 25.3 Å². The standard InChI is InChI=1S/C14H16BrNO3/c1-8(14(18)19)16(2)13(17)12-7-11(12)9-4-3-5-10(15)6-9/h3-6,8,11-12H,7H2,1-2H3,(H,18,19). The molecular formula is C14H16BrNO3. The first-order valence-corrected chi connectivity index (χ1v) is 6.96. The van der Waals surface area contributed by atoms with E-state index in [1.807, 2.05) is 24.3 Å². The van der Waals surface area contributed by atoms with Crippen LogP contribution >= 0.6 is 15.9 Å². The molecule has 0 radical (unpaired) electrons. The molecule has 1 aromatic carbocycles. The van der Waals surface area contributed by atoms with E-state index in [4.69, 9.17) is 5.11 Å². The molecule has 1 amide bonds. The minimum absolute atomic E-state index is 0.0823. The molecule has 1 aliphatic rings. The highest BCUT2D eigenvalue weighted by atomic mass is 79.9. The number of carboxylic acid groups (broad SMARTS) is 1. The number of aliphatic carboxylic acids is 1. The molecule has 0 heterocycles. The third kappa shape index (κ3) is 2.97. The van der Waals surface area contributed by atoms with E-state index in [-0.39, 0.29) is 17.7 Å². The highest BCUT2D eigenvalue weighted by molar-refractivity contribution is 9.10. The molecule has 5 heteroatoms. The number of amides is 1. The largest absolute Gasteiger partial charge is 0.480 e. The van der Waals surface area contributed by atoms with Crippen molar-refractivity contribution >= 4 is 27.8 Å². The van der Waals surface area contributed by atoms with Gasteiger partial charge < -0.3 is 10.0 Å². The number of hydrogen-bond acceptors (Lipinski definition) is 2. The number of rotatable bonds is 4. The van der Waals surface area contributed by atoms with Crippen LogP contribution in [0.15, 0.2) is 28.7 Å². The molecule has 0 bridgehead atoms. The quantitative estimate of drug-likeness (QED) is 0.925. The summed E-state index contributed by atoms with van der Waals surface area (Å²) in [4.78, 5) is 24.4. The second-order valence-corrected chi connectivity index (χ2v) is 5.88. The number of halogens is 1. The number of carbonyl (C=O) groups excluding carboxylic acids is 1. The molecule has 0 aromatic heterocycles. The Bertz CT molecular complexity index is 517. The molecule has 0 saturated heterocycles. The number of nitrogens with zero attached hydrogens (tertiary/aromatic N) is 1. The van der Waals surface area contributed by atoms with E-state index in [1.54, 1.807) is 7.05 Å². The van der Waals surface area contributed by atoms with Crippen molar-refractivity contribution in [2.75, 3.05) is 7.05 Å². The van der Waals surface area contributed by atoms with Gasteiger partial charge in [-0.05, 0) is 37.0 Å². The van der Waals surface area contributed by atoms with E-state index >= 15 is 0 Å². The van der Waals surface area contributed by atoms with Crippen LogP contribution in [0, 0.1) is 5.92 Å². The first-order chi connectivity index (χ1) is 8.91. The molecule has 4 nitrogen and oxygen atoms in total. The molecule has 102 valence electrons. The lowest BCUT2D eigenvalue weighted by atomic mass is 10.1. The highest BCUT2D eigenvalue weighted by Crippen LogP contribution is 2.48. The molecule has 1 aliphatic carbocycles.